The van der Waals surface area contributed by atoms with Gasteiger partial charge in [0, 0.05) is 19.6 Å². The van der Waals surface area contributed by atoms with Crippen molar-refractivity contribution in [2.45, 2.75) is 46.6 Å². The van der Waals surface area contributed by atoms with Gasteiger partial charge in [0.1, 0.15) is 18.1 Å². The fraction of sp³-hybridized carbons (Fsp3) is 0.520. The van der Waals surface area contributed by atoms with E-state index in [0.717, 1.165) is 24.2 Å². The number of rotatable bonds is 13. The lowest BCUT2D eigenvalue weighted by Gasteiger charge is -2.27. The summed E-state index contributed by atoms with van der Waals surface area (Å²) >= 11 is 0. The van der Waals surface area contributed by atoms with E-state index in [1.165, 1.54) is 0 Å². The molecule has 8 heteroatoms. The van der Waals surface area contributed by atoms with E-state index in [4.69, 9.17) is 13.9 Å². The van der Waals surface area contributed by atoms with Crippen LogP contribution in [-0.4, -0.2) is 62.1 Å². The normalized spacial score (nSPS) is 10.6. The Morgan fingerprint density at radius 2 is 1.76 bits per heavy atom. The van der Waals surface area contributed by atoms with Crippen molar-refractivity contribution in [2.24, 2.45) is 0 Å². The number of carbonyl (C=O) groups is 2. The third-order valence-electron chi connectivity index (χ3n) is 5.34. The summed E-state index contributed by atoms with van der Waals surface area (Å²) < 4.78 is 16.4. The maximum Gasteiger partial charge on any atom is 0.317 e. The van der Waals surface area contributed by atoms with Crippen molar-refractivity contribution < 1.29 is 23.5 Å². The fourth-order valence-corrected chi connectivity index (χ4v) is 3.48. The Morgan fingerprint density at radius 3 is 2.36 bits per heavy atom. The molecule has 3 amide bonds. The molecule has 0 unspecified atom stereocenters. The first kappa shape index (κ1) is 26.1. The minimum absolute atomic E-state index is 0.0253. The van der Waals surface area contributed by atoms with Crippen LogP contribution >= 0.6 is 0 Å². The van der Waals surface area contributed by atoms with Gasteiger partial charge in [-0.25, -0.2) is 4.79 Å². The van der Waals surface area contributed by atoms with Gasteiger partial charge < -0.3 is 29.0 Å². The summed E-state index contributed by atoms with van der Waals surface area (Å²) in [6, 6.07) is 9.29. The standard InChI is InChI=1S/C25H37N3O5/c1-6-8-14-28(25(30)26-7-2)18-24(29)27(17-21-11-9-19(3)33-21)15-13-20-10-12-22(31-4)23(16-20)32-5/h9-12,16H,6-8,13-15,17-18H2,1-5H3,(H,26,30). The van der Waals surface area contributed by atoms with E-state index in [1.54, 1.807) is 24.0 Å². The molecular formula is C25H37N3O5. The van der Waals surface area contributed by atoms with Crippen LogP contribution in [0.25, 0.3) is 0 Å². The lowest BCUT2D eigenvalue weighted by molar-refractivity contribution is -0.132. The molecule has 0 saturated heterocycles. The first-order chi connectivity index (χ1) is 15.9. The molecule has 0 saturated carbocycles. The van der Waals surface area contributed by atoms with E-state index < -0.39 is 0 Å². The fourth-order valence-electron chi connectivity index (χ4n) is 3.48. The van der Waals surface area contributed by atoms with Crippen LogP contribution in [0.2, 0.25) is 0 Å². The van der Waals surface area contributed by atoms with E-state index in [9.17, 15) is 9.59 Å². The summed E-state index contributed by atoms with van der Waals surface area (Å²) in [4.78, 5) is 29.1. The number of unbranched alkanes of at least 4 members (excludes halogenated alkanes) is 1. The number of benzene rings is 1. The number of hydrogen-bond acceptors (Lipinski definition) is 5. The molecule has 8 nitrogen and oxygen atoms in total. The Balaban J connectivity index is 2.16. The van der Waals surface area contributed by atoms with Crippen molar-refractivity contribution in [2.75, 3.05) is 40.4 Å². The van der Waals surface area contributed by atoms with Gasteiger partial charge in [-0.1, -0.05) is 19.4 Å². The molecule has 0 radical (unpaired) electrons. The van der Waals surface area contributed by atoms with Gasteiger partial charge in [-0.05, 0) is 56.5 Å². The van der Waals surface area contributed by atoms with E-state index >= 15 is 0 Å². The highest BCUT2D eigenvalue weighted by Gasteiger charge is 2.22. The predicted octanol–water partition coefficient (Wildman–Crippen LogP) is 4.01. The number of urea groups is 1. The molecule has 182 valence electrons. The van der Waals surface area contributed by atoms with Gasteiger partial charge >= 0.3 is 6.03 Å². The molecular weight excluding hydrogens is 422 g/mol. The number of ether oxygens (including phenoxy) is 2. The number of furan rings is 1. The highest BCUT2D eigenvalue weighted by molar-refractivity contribution is 5.84. The molecule has 2 rings (SSSR count). The van der Waals surface area contributed by atoms with Crippen molar-refractivity contribution in [3.8, 4) is 11.5 Å². The van der Waals surface area contributed by atoms with Gasteiger partial charge in [0.05, 0.1) is 20.8 Å². The molecule has 33 heavy (non-hydrogen) atoms. The molecule has 1 N–H and O–H groups in total. The SMILES string of the molecule is CCCCN(CC(=O)N(CCc1ccc(OC)c(OC)c1)Cc1ccc(C)o1)C(=O)NCC. The molecule has 0 atom stereocenters. The van der Waals surface area contributed by atoms with Crippen LogP contribution in [0.4, 0.5) is 4.79 Å². The third-order valence-corrected chi connectivity index (χ3v) is 5.34. The second-order valence-corrected chi connectivity index (χ2v) is 7.88. The largest absolute Gasteiger partial charge is 0.493 e. The summed E-state index contributed by atoms with van der Waals surface area (Å²) in [6.07, 6.45) is 2.41. The molecule has 0 aliphatic carbocycles. The van der Waals surface area contributed by atoms with Gasteiger partial charge in [-0.15, -0.1) is 0 Å². The first-order valence-electron chi connectivity index (χ1n) is 11.5. The van der Waals surface area contributed by atoms with Crippen molar-refractivity contribution in [1.29, 1.82) is 0 Å². The number of nitrogens with zero attached hydrogens (tertiary/aromatic N) is 2. The van der Waals surface area contributed by atoms with Gasteiger partial charge in [-0.3, -0.25) is 4.79 Å². The molecule has 1 aromatic heterocycles. The lowest BCUT2D eigenvalue weighted by Crippen LogP contribution is -2.47. The summed E-state index contributed by atoms with van der Waals surface area (Å²) in [6.45, 7) is 7.71. The van der Waals surface area contributed by atoms with Crippen molar-refractivity contribution in [3.63, 3.8) is 0 Å². The maximum atomic E-state index is 13.3. The molecule has 1 aromatic carbocycles. The molecule has 0 fully saturated rings. The Labute approximate surface area is 196 Å². The molecule has 0 aliphatic rings. The number of aryl methyl sites for hydroxylation is 1. The predicted molar refractivity (Wildman–Crippen MR) is 128 cm³/mol. The van der Waals surface area contributed by atoms with Crippen LogP contribution in [0, 0.1) is 6.92 Å². The van der Waals surface area contributed by atoms with Crippen molar-refractivity contribution in [1.82, 2.24) is 15.1 Å². The number of methoxy groups -OCH3 is 2. The van der Waals surface area contributed by atoms with Crippen molar-refractivity contribution >= 4 is 11.9 Å². The van der Waals surface area contributed by atoms with E-state index in [0.29, 0.717) is 49.9 Å². The second-order valence-electron chi connectivity index (χ2n) is 7.88. The summed E-state index contributed by atoms with van der Waals surface area (Å²) in [5.74, 6) is 2.70. The topological polar surface area (TPSA) is 84.2 Å². The number of carbonyl (C=O) groups excluding carboxylic acids is 2. The van der Waals surface area contributed by atoms with Crippen LogP contribution in [0.15, 0.2) is 34.7 Å². The third kappa shape index (κ3) is 8.04. The van der Waals surface area contributed by atoms with Gasteiger partial charge in [-0.2, -0.15) is 0 Å². The Kier molecular flexibility index (Phi) is 10.6. The molecule has 2 aromatic rings. The zero-order valence-corrected chi connectivity index (χ0v) is 20.5. The average Bonchev–Trinajstić information content (AvgIpc) is 3.23. The monoisotopic (exact) mass is 459 g/mol. The minimum atomic E-state index is -0.215. The Bertz CT molecular complexity index is 896. The highest BCUT2D eigenvalue weighted by atomic mass is 16.5. The van der Waals surface area contributed by atoms with Gasteiger partial charge in [0.15, 0.2) is 11.5 Å². The average molecular weight is 460 g/mol. The second kappa shape index (κ2) is 13.4. The first-order valence-corrected chi connectivity index (χ1v) is 11.5. The zero-order chi connectivity index (χ0) is 24.2. The molecule has 0 aliphatic heterocycles. The zero-order valence-electron chi connectivity index (χ0n) is 20.5. The lowest BCUT2D eigenvalue weighted by atomic mass is 10.1. The molecule has 0 spiro atoms. The molecule has 0 bridgehead atoms. The van der Waals surface area contributed by atoms with Crippen LogP contribution in [0.5, 0.6) is 11.5 Å². The summed E-state index contributed by atoms with van der Waals surface area (Å²) in [5, 5.41) is 2.81. The van der Waals surface area contributed by atoms with E-state index in [-0.39, 0.29) is 18.5 Å². The Hall–Kier alpha value is -3.16. The maximum absolute atomic E-state index is 13.3. The van der Waals surface area contributed by atoms with E-state index in [2.05, 4.69) is 12.2 Å². The number of amides is 3. The van der Waals surface area contributed by atoms with Crippen molar-refractivity contribution in [3.05, 3.63) is 47.4 Å². The summed E-state index contributed by atoms with van der Waals surface area (Å²) in [5.41, 5.74) is 1.02. The Morgan fingerprint density at radius 1 is 1.00 bits per heavy atom. The highest BCUT2D eigenvalue weighted by Crippen LogP contribution is 2.27. The van der Waals surface area contributed by atoms with Crippen LogP contribution in [0.3, 0.4) is 0 Å². The van der Waals surface area contributed by atoms with Crippen LogP contribution in [-0.2, 0) is 17.8 Å². The quantitative estimate of drug-likeness (QED) is 0.489. The van der Waals surface area contributed by atoms with E-state index in [1.807, 2.05) is 44.2 Å². The number of hydrogen-bond donors (Lipinski definition) is 1. The minimum Gasteiger partial charge on any atom is -0.493 e. The van der Waals surface area contributed by atoms with Crippen LogP contribution < -0.4 is 14.8 Å². The molecule has 1 heterocycles. The summed E-state index contributed by atoms with van der Waals surface area (Å²) in [7, 11) is 3.20. The van der Waals surface area contributed by atoms with Gasteiger partial charge in [0.25, 0.3) is 0 Å². The smallest absolute Gasteiger partial charge is 0.317 e. The van der Waals surface area contributed by atoms with Crippen LogP contribution in [0.1, 0.15) is 43.8 Å². The number of nitrogens with one attached hydrogen (secondary N) is 1. The van der Waals surface area contributed by atoms with Gasteiger partial charge in [0.2, 0.25) is 5.91 Å².